The van der Waals surface area contributed by atoms with Crippen molar-refractivity contribution in [2.75, 3.05) is 14.7 Å². The van der Waals surface area contributed by atoms with Gasteiger partial charge in [-0.3, -0.25) is 0 Å². The maximum absolute atomic E-state index is 3.01. The van der Waals surface area contributed by atoms with E-state index in [1.165, 1.54) is 111 Å². The maximum Gasteiger partial charge on any atom is 0.251 e. The maximum atomic E-state index is 3.01. The van der Waals surface area contributed by atoms with Crippen LogP contribution in [0.3, 0.4) is 0 Å². The summed E-state index contributed by atoms with van der Waals surface area (Å²) >= 11 is 0. The lowest BCUT2D eigenvalue weighted by molar-refractivity contribution is 0.000645. The zero-order valence-electron chi connectivity index (χ0n) is 35.4. The van der Waals surface area contributed by atoms with Crippen molar-refractivity contribution >= 4 is 97.4 Å². The molecule has 4 bridgehead atoms. The Morgan fingerprint density at radius 2 is 0.889 bits per heavy atom. The van der Waals surface area contributed by atoms with Crippen LogP contribution in [0.15, 0.2) is 200 Å². The summed E-state index contributed by atoms with van der Waals surface area (Å²) < 4.78 is 0. The summed E-state index contributed by atoms with van der Waals surface area (Å²) in [7, 11) is -2.88. The molecular formula is C58H48BN3Si. The Morgan fingerprint density at radius 3 is 1.43 bits per heavy atom. The summed E-state index contributed by atoms with van der Waals surface area (Å²) in [6, 6.07) is 76.7. The molecule has 0 saturated heterocycles. The number of hydrogen-bond acceptors (Lipinski definition) is 3. The van der Waals surface area contributed by atoms with Crippen molar-refractivity contribution in [3.8, 4) is 0 Å². The number of anilines is 8. The first kappa shape index (κ1) is 36.0. The van der Waals surface area contributed by atoms with Crippen molar-refractivity contribution in [2.24, 2.45) is 17.8 Å². The number of rotatable bonds is 7. The molecule has 15 rings (SSSR count). The third-order valence-corrected chi connectivity index (χ3v) is 21.0. The van der Waals surface area contributed by atoms with E-state index in [1.54, 1.807) is 10.6 Å². The quantitative estimate of drug-likeness (QED) is 0.148. The van der Waals surface area contributed by atoms with Gasteiger partial charge in [0.2, 0.25) is 0 Å². The van der Waals surface area contributed by atoms with Crippen LogP contribution in [0.4, 0.5) is 45.5 Å². The van der Waals surface area contributed by atoms with Crippen LogP contribution in [0.25, 0.3) is 0 Å². The normalized spacial score (nSPS) is 22.5. The average molecular weight is 826 g/mol. The Bertz CT molecular complexity index is 2950. The van der Waals surface area contributed by atoms with Gasteiger partial charge >= 0.3 is 0 Å². The van der Waals surface area contributed by atoms with E-state index in [0.717, 1.165) is 17.8 Å². The molecule has 0 amide bonds. The largest absolute Gasteiger partial charge is 0.336 e. The summed E-state index contributed by atoms with van der Waals surface area (Å²) in [6.07, 6.45) is 8.06. The number of benzene rings is 8. The highest BCUT2D eigenvalue weighted by molar-refractivity contribution is 7.27. The molecule has 0 atom stereocenters. The van der Waals surface area contributed by atoms with Crippen LogP contribution in [0, 0.1) is 17.8 Å². The van der Waals surface area contributed by atoms with Crippen LogP contribution < -0.4 is 51.8 Å². The minimum atomic E-state index is -2.88. The van der Waals surface area contributed by atoms with Crippen LogP contribution in [-0.4, -0.2) is 20.3 Å². The van der Waals surface area contributed by atoms with Gasteiger partial charge in [0, 0.05) is 45.4 Å². The van der Waals surface area contributed by atoms with Crippen LogP contribution >= 0.6 is 0 Å². The highest BCUT2D eigenvalue weighted by Crippen LogP contribution is 2.61. The molecule has 3 heterocycles. The summed E-state index contributed by atoms with van der Waals surface area (Å²) in [4.78, 5) is 8.16. The first-order valence-electron chi connectivity index (χ1n) is 23.3. The number of hydrogen-bond donors (Lipinski definition) is 0. The van der Waals surface area contributed by atoms with Crippen molar-refractivity contribution in [3.05, 3.63) is 200 Å². The fourth-order valence-corrected chi connectivity index (χ4v) is 19.8. The summed E-state index contributed by atoms with van der Waals surface area (Å²) in [5, 5.41) is 5.99. The van der Waals surface area contributed by atoms with E-state index >= 15 is 0 Å². The van der Waals surface area contributed by atoms with E-state index in [9.17, 15) is 0 Å². The van der Waals surface area contributed by atoms with Gasteiger partial charge in [0.1, 0.15) is 0 Å². The highest BCUT2D eigenvalue weighted by atomic mass is 28.3. The Balaban J connectivity index is 1.15. The van der Waals surface area contributed by atoms with Crippen molar-refractivity contribution in [2.45, 2.75) is 44.1 Å². The van der Waals surface area contributed by atoms with Crippen LogP contribution in [0.1, 0.15) is 38.5 Å². The predicted molar refractivity (Wildman–Crippen MR) is 267 cm³/mol. The highest BCUT2D eigenvalue weighted by Gasteiger charge is 2.60. The summed E-state index contributed by atoms with van der Waals surface area (Å²) in [5.74, 6) is 2.40. The Morgan fingerprint density at radius 1 is 0.429 bits per heavy atom. The lowest BCUT2D eigenvalue weighted by atomic mass is 9.33. The minimum Gasteiger partial charge on any atom is -0.336 e. The topological polar surface area (TPSA) is 9.72 Å². The second-order valence-electron chi connectivity index (χ2n) is 19.4. The van der Waals surface area contributed by atoms with Crippen molar-refractivity contribution in [1.29, 1.82) is 0 Å². The van der Waals surface area contributed by atoms with Crippen LogP contribution in [0.2, 0.25) is 0 Å². The molecule has 0 aromatic heterocycles. The molecule has 3 aliphatic heterocycles. The molecule has 5 heteroatoms. The van der Waals surface area contributed by atoms with E-state index < -0.39 is 8.07 Å². The minimum absolute atomic E-state index is 0.0596. The lowest BCUT2D eigenvalue weighted by Gasteiger charge is -2.63. The molecule has 63 heavy (non-hydrogen) atoms. The van der Waals surface area contributed by atoms with E-state index in [1.807, 2.05) is 0 Å². The molecule has 4 aliphatic carbocycles. The number of para-hydroxylation sites is 3. The number of nitrogens with zero attached hydrogens (tertiary/aromatic N) is 3. The molecular weight excluding hydrogens is 778 g/mol. The fourth-order valence-electron chi connectivity index (χ4n) is 14.5. The molecule has 4 fully saturated rings. The second kappa shape index (κ2) is 13.5. The summed E-state index contributed by atoms with van der Waals surface area (Å²) in [6.45, 7) is 0.0986. The van der Waals surface area contributed by atoms with E-state index in [-0.39, 0.29) is 12.3 Å². The van der Waals surface area contributed by atoms with Gasteiger partial charge in [0.05, 0.1) is 5.69 Å². The summed E-state index contributed by atoms with van der Waals surface area (Å²) in [5.41, 5.74) is 14.8. The molecule has 7 aliphatic rings. The van der Waals surface area contributed by atoms with Crippen molar-refractivity contribution in [3.63, 3.8) is 0 Å². The predicted octanol–water partition coefficient (Wildman–Crippen LogP) is 9.57. The average Bonchev–Trinajstić information content (AvgIpc) is 3.33. The Kier molecular flexibility index (Phi) is 7.69. The van der Waals surface area contributed by atoms with E-state index in [0.29, 0.717) is 0 Å². The van der Waals surface area contributed by atoms with Crippen molar-refractivity contribution < 1.29 is 0 Å². The van der Waals surface area contributed by atoms with Gasteiger partial charge in [0.15, 0.2) is 8.07 Å². The van der Waals surface area contributed by atoms with Gasteiger partial charge in [-0.25, -0.2) is 0 Å². The van der Waals surface area contributed by atoms with E-state index in [4.69, 9.17) is 0 Å². The van der Waals surface area contributed by atoms with Crippen LogP contribution in [0.5, 0.6) is 0 Å². The standard InChI is InChI=1S/C58H48BN3Si/c1-6-18-43(19-7-1)60(44-20-8-2-9-21-44)46-35-51-55-52(36-46)62(58-37-40-32-41(38-58)34-42(33-40)39-58)50-29-17-31-54-57(50)59(55)56-49(61(51)45-22-10-3-11-23-45)28-16-30-53(56)63(54,47-24-12-4-13-25-47)48-26-14-5-15-27-48/h1-31,35-36,40-42H,32-34,37-39H2. The molecule has 8 aromatic rings. The van der Waals surface area contributed by atoms with Crippen LogP contribution in [-0.2, 0) is 0 Å². The van der Waals surface area contributed by atoms with Gasteiger partial charge in [-0.05, 0) is 154 Å². The third kappa shape index (κ3) is 4.97. The van der Waals surface area contributed by atoms with Gasteiger partial charge < -0.3 is 14.7 Å². The van der Waals surface area contributed by atoms with Gasteiger partial charge in [0.25, 0.3) is 6.71 Å². The first-order valence-corrected chi connectivity index (χ1v) is 25.3. The molecule has 0 radical (unpaired) electrons. The van der Waals surface area contributed by atoms with Gasteiger partial charge in [-0.2, -0.15) is 0 Å². The van der Waals surface area contributed by atoms with Gasteiger partial charge in [-0.1, -0.05) is 140 Å². The smallest absolute Gasteiger partial charge is 0.251 e. The SMILES string of the molecule is c1ccc(N(c2ccccc2)c2cc3c4c(c2)N(C25CC6CC(CC(C6)C2)C5)c2cccc5c2B4c2c(cccc2[Si]5(c2ccccc2)c2ccccc2)N3c2ccccc2)cc1. The molecule has 4 saturated carbocycles. The molecule has 302 valence electrons. The van der Waals surface area contributed by atoms with Gasteiger partial charge in [-0.15, -0.1) is 0 Å². The zero-order valence-corrected chi connectivity index (χ0v) is 36.4. The molecule has 0 spiro atoms. The Hall–Kier alpha value is -6.56. The molecule has 0 unspecified atom stereocenters. The monoisotopic (exact) mass is 825 g/mol. The van der Waals surface area contributed by atoms with E-state index in [2.05, 4.69) is 215 Å². The Labute approximate surface area is 372 Å². The third-order valence-electron chi connectivity index (χ3n) is 16.1. The molecule has 0 N–H and O–H groups in total. The van der Waals surface area contributed by atoms with Crippen molar-refractivity contribution in [1.82, 2.24) is 0 Å². The fraction of sp³-hybridized carbons (Fsp3) is 0.172. The lowest BCUT2D eigenvalue weighted by Crippen LogP contribution is -2.88. The molecule has 3 nitrogen and oxygen atoms in total. The zero-order chi connectivity index (χ0) is 41.3. The first-order chi connectivity index (χ1) is 31.2. The second-order valence-corrected chi connectivity index (χ2v) is 23.2. The molecule has 8 aromatic carbocycles.